The lowest BCUT2D eigenvalue weighted by molar-refractivity contribution is -0.395. The fraction of sp³-hybridized carbons (Fsp3) is 0.189. The van der Waals surface area contributed by atoms with Crippen molar-refractivity contribution in [3.63, 3.8) is 0 Å². The van der Waals surface area contributed by atoms with Crippen LogP contribution in [-0.2, 0) is 46.5 Å². The topological polar surface area (TPSA) is 308 Å². The number of nitro benzene ring substituents is 4. The average Bonchev–Trinajstić information content (AvgIpc) is 3.76. The van der Waals surface area contributed by atoms with Crippen LogP contribution in [0.3, 0.4) is 0 Å². The quantitative estimate of drug-likeness (QED) is 0.0437. The predicted molar refractivity (Wildman–Crippen MR) is 208 cm³/mol. The highest BCUT2D eigenvalue weighted by molar-refractivity contribution is 6.48. The minimum atomic E-state index is -1.64. The van der Waals surface area contributed by atoms with E-state index in [0.29, 0.717) is 45.4 Å². The van der Waals surface area contributed by atoms with E-state index < -0.39 is 101 Å². The summed E-state index contributed by atoms with van der Waals surface area (Å²) in [5.41, 5.74) is -3.71. The minimum Gasteiger partial charge on any atom is -0.535 e. The van der Waals surface area contributed by atoms with Gasteiger partial charge in [-0.3, -0.25) is 54.8 Å². The monoisotopic (exact) mass is 834 g/mol. The maximum atomic E-state index is 14.0. The van der Waals surface area contributed by atoms with Crippen LogP contribution in [0.1, 0.15) is 54.2 Å². The molecule has 0 fully saturated rings. The Bertz CT molecular complexity index is 2800. The maximum absolute atomic E-state index is 14.0. The highest BCUT2D eigenvalue weighted by Crippen LogP contribution is 2.50. The second-order valence-electron chi connectivity index (χ2n) is 13.4. The lowest BCUT2D eigenvalue weighted by Gasteiger charge is -2.22. The molecule has 3 heterocycles. The van der Waals surface area contributed by atoms with Crippen molar-refractivity contribution in [3.05, 3.63) is 133 Å². The summed E-state index contributed by atoms with van der Waals surface area (Å²) in [6, 6.07) is 11.3. The molecule has 1 aliphatic carbocycles. The number of non-ortho nitro benzene ring substituents is 2. The van der Waals surface area contributed by atoms with Gasteiger partial charge in [0.2, 0.25) is 6.10 Å². The van der Waals surface area contributed by atoms with Crippen molar-refractivity contribution in [3.8, 4) is 22.5 Å². The van der Waals surface area contributed by atoms with Gasteiger partial charge in [0.1, 0.15) is 18.4 Å². The van der Waals surface area contributed by atoms with Crippen LogP contribution in [0, 0.1) is 40.5 Å². The van der Waals surface area contributed by atoms with Crippen molar-refractivity contribution >= 4 is 71.2 Å². The summed E-state index contributed by atoms with van der Waals surface area (Å²) >= 11 is 0. The van der Waals surface area contributed by atoms with Gasteiger partial charge in [-0.15, -0.1) is 0 Å². The number of ether oxygens (including phenoxy) is 2. The Morgan fingerprint density at radius 1 is 0.902 bits per heavy atom. The number of oxime groups is 1. The number of pyridine rings is 2. The molecule has 23 nitrogen and oxygen atoms in total. The number of rotatable bonds is 16. The van der Waals surface area contributed by atoms with Gasteiger partial charge < -0.3 is 23.5 Å². The second-order valence-corrected chi connectivity index (χ2v) is 13.4. The first-order valence-corrected chi connectivity index (χ1v) is 17.7. The van der Waals surface area contributed by atoms with Gasteiger partial charge in [-0.2, -0.15) is 0 Å². The third-order valence-electron chi connectivity index (χ3n) is 9.87. The number of nitro groups is 4. The Morgan fingerprint density at radius 2 is 1.54 bits per heavy atom. The molecule has 61 heavy (non-hydrogen) atoms. The third-order valence-corrected chi connectivity index (χ3v) is 9.87. The summed E-state index contributed by atoms with van der Waals surface area (Å²) in [5.74, 6) is -1.09. The van der Waals surface area contributed by atoms with Crippen LogP contribution in [-0.4, -0.2) is 67.5 Å². The zero-order valence-electron chi connectivity index (χ0n) is 31.4. The Hall–Kier alpha value is -8.44. The smallest absolute Gasteiger partial charge is 0.412 e. The lowest BCUT2D eigenvalue weighted by atomic mass is 9.87. The van der Waals surface area contributed by atoms with Gasteiger partial charge in [0.25, 0.3) is 41.3 Å². The summed E-state index contributed by atoms with van der Waals surface area (Å²) in [4.78, 5) is 104. The summed E-state index contributed by atoms with van der Waals surface area (Å²) in [5, 5.41) is 52.4. The molecule has 1 aliphatic heterocycles. The van der Waals surface area contributed by atoms with E-state index in [4.69, 9.17) is 23.9 Å². The molecule has 0 spiro atoms. The molecular formula is C37H25BN7O16. The maximum Gasteiger partial charge on any atom is 0.412 e. The Labute approximate surface area is 340 Å². The van der Waals surface area contributed by atoms with Gasteiger partial charge in [0, 0.05) is 39.8 Å². The SMILES string of the molecule is CC[C@H](OC(=O)[C@H](C)ON=C1c2cc([N+](=O)[O-])cc([N+](=O)[O-])c2-c2c1cc([N+](=O)[O-])cc2[N+](=O)[O-])c1cc2n(c(=O)c1COC=O)Cc1cc3cc([B]OC=O)ccc3nc1-2. The van der Waals surface area contributed by atoms with Crippen molar-refractivity contribution in [2.75, 3.05) is 0 Å². The zero-order valence-corrected chi connectivity index (χ0v) is 31.4. The van der Waals surface area contributed by atoms with Crippen molar-refractivity contribution in [2.45, 2.75) is 45.6 Å². The fourth-order valence-electron chi connectivity index (χ4n) is 7.18. The Morgan fingerprint density at radius 3 is 2.10 bits per heavy atom. The van der Waals surface area contributed by atoms with Crippen LogP contribution in [0.15, 0.2) is 64.5 Å². The Kier molecular flexibility index (Phi) is 10.7. The van der Waals surface area contributed by atoms with Gasteiger partial charge in [-0.25, -0.2) is 9.78 Å². The molecule has 307 valence electrons. The molecule has 0 N–H and O–H groups in total. The highest BCUT2D eigenvalue weighted by atomic mass is 16.7. The largest absolute Gasteiger partial charge is 0.535 e. The number of fused-ring (bicyclic) bond motifs is 7. The van der Waals surface area contributed by atoms with E-state index in [1.807, 2.05) is 6.07 Å². The summed E-state index contributed by atoms with van der Waals surface area (Å²) < 4.78 is 16.9. The summed E-state index contributed by atoms with van der Waals surface area (Å²) in [6.07, 6.45) is -2.76. The standard InChI is InChI=1S/C37H25BN7O16/c1-3-31(23-12-30-34-19(13-41(30)36(48)26(23)14-58-15-46)6-18-7-20(38-59-16-47)4-5-27(18)39-34)60-37(49)17(2)61-40-35-24-8-21(42(50)51)10-28(44(54)55)32(24)33-25(35)9-22(43(52)53)11-29(33)45(56)57/h4-12,15-17,31H,3,13-14H2,1-2H3/t17-,31-/m0/s1. The van der Waals surface area contributed by atoms with Gasteiger partial charge in [0.05, 0.1) is 72.0 Å². The second kappa shape index (κ2) is 16.1. The van der Waals surface area contributed by atoms with Crippen LogP contribution in [0.2, 0.25) is 0 Å². The molecule has 0 saturated heterocycles. The first kappa shape index (κ1) is 40.8. The van der Waals surface area contributed by atoms with Crippen molar-refractivity contribution < 1.29 is 53.0 Å². The van der Waals surface area contributed by atoms with Gasteiger partial charge in [0.15, 0.2) is 0 Å². The first-order valence-electron chi connectivity index (χ1n) is 17.7. The summed E-state index contributed by atoms with van der Waals surface area (Å²) in [6.45, 7) is 2.82. The van der Waals surface area contributed by atoms with Crippen LogP contribution < -0.4 is 11.0 Å². The molecule has 2 aliphatic rings. The third kappa shape index (κ3) is 7.32. The number of carbonyl (C=O) groups excluding carboxylic acids is 3. The number of hydrogen-bond acceptors (Lipinski definition) is 18. The molecule has 2 aromatic heterocycles. The van der Waals surface area contributed by atoms with Crippen LogP contribution in [0.25, 0.3) is 33.4 Å². The van der Waals surface area contributed by atoms with Crippen LogP contribution >= 0.6 is 0 Å². The number of hydrogen-bond donors (Lipinski definition) is 0. The molecule has 0 amide bonds. The van der Waals surface area contributed by atoms with Crippen molar-refractivity contribution in [1.82, 2.24) is 9.55 Å². The fourth-order valence-corrected chi connectivity index (χ4v) is 7.18. The Balaban J connectivity index is 1.25. The number of benzene rings is 3. The van der Waals surface area contributed by atoms with Crippen molar-refractivity contribution in [2.24, 2.45) is 5.16 Å². The van der Waals surface area contributed by atoms with Crippen molar-refractivity contribution in [1.29, 1.82) is 0 Å². The van der Waals surface area contributed by atoms with Gasteiger partial charge in [-0.1, -0.05) is 24.2 Å². The molecule has 0 saturated carbocycles. The molecule has 2 atom stereocenters. The van der Waals surface area contributed by atoms with E-state index in [-0.39, 0.29) is 37.0 Å². The van der Waals surface area contributed by atoms with Crippen LogP contribution in [0.4, 0.5) is 22.7 Å². The first-order chi connectivity index (χ1) is 29.2. The molecule has 7 rings (SSSR count). The predicted octanol–water partition coefficient (Wildman–Crippen LogP) is 3.98. The molecule has 5 aromatic rings. The van der Waals surface area contributed by atoms with Gasteiger partial charge >= 0.3 is 13.5 Å². The molecule has 24 heteroatoms. The molecule has 0 unspecified atom stereocenters. The summed E-state index contributed by atoms with van der Waals surface area (Å²) in [7, 11) is 1.26. The van der Waals surface area contributed by atoms with E-state index in [2.05, 4.69) is 5.16 Å². The normalized spacial score (nSPS) is 12.8. The molecule has 0 bridgehead atoms. The molecule has 3 aromatic carbocycles. The average molecular weight is 834 g/mol. The van der Waals surface area contributed by atoms with Crippen LogP contribution in [0.5, 0.6) is 0 Å². The van der Waals surface area contributed by atoms with E-state index in [1.165, 1.54) is 19.0 Å². The lowest BCUT2D eigenvalue weighted by Crippen LogP contribution is -2.29. The van der Waals surface area contributed by atoms with E-state index in [9.17, 15) is 59.6 Å². The number of esters is 1. The number of carbonyl (C=O) groups is 3. The number of nitrogens with zero attached hydrogens (tertiary/aromatic N) is 7. The zero-order chi connectivity index (χ0) is 43.9. The van der Waals surface area contributed by atoms with E-state index >= 15 is 0 Å². The molecular weight excluding hydrogens is 809 g/mol. The number of aromatic nitrogens is 2. The van der Waals surface area contributed by atoms with E-state index in [1.54, 1.807) is 31.2 Å². The molecule has 1 radical (unpaired) electrons. The van der Waals surface area contributed by atoms with E-state index in [0.717, 1.165) is 12.1 Å². The van der Waals surface area contributed by atoms with Gasteiger partial charge in [-0.05, 0) is 37.0 Å². The highest BCUT2D eigenvalue weighted by Gasteiger charge is 2.42. The minimum absolute atomic E-state index is 0.0184.